The Kier molecular flexibility index (Phi) is 7.29. The molecule has 0 bridgehead atoms. The fraction of sp³-hybridized carbons (Fsp3) is 0.429. The van der Waals surface area contributed by atoms with Gasteiger partial charge in [0.1, 0.15) is 0 Å². The molecule has 0 amide bonds. The molecule has 0 saturated carbocycles. The zero-order valence-corrected chi connectivity index (χ0v) is 21.8. The summed E-state index contributed by atoms with van der Waals surface area (Å²) in [5.74, 6) is -1.34. The predicted octanol–water partition coefficient (Wildman–Crippen LogP) is 5.23. The summed E-state index contributed by atoms with van der Waals surface area (Å²) in [5, 5.41) is 20.0. The topological polar surface area (TPSA) is 88.2 Å². The molecule has 0 radical (unpaired) electrons. The van der Waals surface area contributed by atoms with Crippen LogP contribution < -0.4 is 4.90 Å². The molecule has 0 heterocycles. The molecule has 1 aromatic rings. The van der Waals surface area contributed by atoms with Crippen LogP contribution in [0.2, 0.25) is 0 Å². The molecule has 0 aliphatic heterocycles. The van der Waals surface area contributed by atoms with Crippen LogP contribution in [0.15, 0.2) is 53.2 Å². The van der Waals surface area contributed by atoms with E-state index in [9.17, 15) is 20.1 Å². The van der Waals surface area contributed by atoms with Gasteiger partial charge in [-0.05, 0) is 83.2 Å². The van der Waals surface area contributed by atoms with Gasteiger partial charge in [-0.25, -0.2) is 0 Å². The SMILES string of the molecule is CCN(/C=C/C1=C(Cl)C(=O)[C@]2(C#N)C=C(c3ccc(N(C(C)C)C(C)C)cc3)[C@]2(C#N)C1=O)CC. The van der Waals surface area contributed by atoms with Gasteiger partial charge in [-0.3, -0.25) is 9.59 Å². The first-order valence-corrected chi connectivity index (χ1v) is 12.3. The minimum atomic E-state index is -1.95. The number of allylic oxidation sites excluding steroid dienone is 5. The second-order valence-corrected chi connectivity index (χ2v) is 9.78. The van der Waals surface area contributed by atoms with Crippen LogP contribution in [0, 0.1) is 33.5 Å². The van der Waals surface area contributed by atoms with Crippen LogP contribution >= 0.6 is 11.6 Å². The Balaban J connectivity index is 2.12. The van der Waals surface area contributed by atoms with E-state index in [4.69, 9.17) is 11.6 Å². The summed E-state index contributed by atoms with van der Waals surface area (Å²) >= 11 is 6.33. The molecule has 2 atom stereocenters. The van der Waals surface area contributed by atoms with Crippen molar-refractivity contribution in [1.82, 2.24) is 4.90 Å². The van der Waals surface area contributed by atoms with Crippen molar-refractivity contribution < 1.29 is 9.59 Å². The van der Waals surface area contributed by atoms with Crippen LogP contribution in [0.25, 0.3) is 5.57 Å². The Hall–Kier alpha value is -3.35. The average molecular weight is 491 g/mol. The standard InChI is InChI=1S/C28H31ClN4O2/c1-7-32(8-2)14-13-22-24(29)26(35)27(16-30)15-23(28(27,17-31)25(22)34)20-9-11-21(12-10-20)33(18(3)4)19(5)6/h9-15,18-19H,7-8H2,1-6H3/b14-13+/t27-,28-/m1/s1. The van der Waals surface area contributed by atoms with Crippen LogP contribution in [-0.4, -0.2) is 41.6 Å². The minimum Gasteiger partial charge on any atom is -0.378 e. The van der Waals surface area contributed by atoms with Crippen LogP contribution in [0.4, 0.5) is 5.69 Å². The van der Waals surface area contributed by atoms with E-state index >= 15 is 0 Å². The molecule has 6 nitrogen and oxygen atoms in total. The number of ketones is 2. The lowest BCUT2D eigenvalue weighted by atomic mass is 9.45. The number of Topliss-reactive ketones (excluding diaryl/α,β-unsaturated/α-hetero) is 2. The van der Waals surface area contributed by atoms with E-state index in [0.717, 1.165) is 5.69 Å². The number of nitriles is 2. The first kappa shape index (κ1) is 26.3. The Morgan fingerprint density at radius 3 is 2.00 bits per heavy atom. The maximum Gasteiger partial charge on any atom is 0.201 e. The van der Waals surface area contributed by atoms with Crippen LogP contribution in [0.3, 0.4) is 0 Å². The molecule has 2 aliphatic carbocycles. The molecule has 0 N–H and O–H groups in total. The van der Waals surface area contributed by atoms with Gasteiger partial charge in [0.2, 0.25) is 5.78 Å². The monoisotopic (exact) mass is 490 g/mol. The first-order chi connectivity index (χ1) is 16.6. The summed E-state index contributed by atoms with van der Waals surface area (Å²) < 4.78 is 0. The maximum atomic E-state index is 13.8. The molecule has 182 valence electrons. The lowest BCUT2D eigenvalue weighted by molar-refractivity contribution is -0.133. The average Bonchev–Trinajstić information content (AvgIpc) is 2.81. The van der Waals surface area contributed by atoms with Gasteiger partial charge in [0.15, 0.2) is 16.6 Å². The van der Waals surface area contributed by atoms with Crippen molar-refractivity contribution in [2.24, 2.45) is 10.8 Å². The molecule has 0 unspecified atom stereocenters. The molecule has 3 rings (SSSR count). The number of benzene rings is 1. The highest BCUT2D eigenvalue weighted by atomic mass is 35.5. The number of hydrogen-bond acceptors (Lipinski definition) is 6. The fourth-order valence-corrected chi connectivity index (χ4v) is 5.43. The number of carbonyl (C=O) groups is 2. The number of fused-ring (bicyclic) bond motifs is 1. The molecule has 7 heteroatoms. The largest absolute Gasteiger partial charge is 0.378 e. The van der Waals surface area contributed by atoms with Crippen molar-refractivity contribution in [3.8, 4) is 12.1 Å². The quantitative estimate of drug-likeness (QED) is 0.496. The number of carbonyl (C=O) groups excluding carboxylic acids is 2. The number of halogens is 1. The molecule has 0 saturated heterocycles. The normalized spacial score (nSPS) is 23.7. The minimum absolute atomic E-state index is 0.0380. The van der Waals surface area contributed by atoms with Crippen molar-refractivity contribution in [1.29, 1.82) is 10.5 Å². The molecule has 2 aliphatic rings. The van der Waals surface area contributed by atoms with E-state index in [0.29, 0.717) is 24.2 Å². The summed E-state index contributed by atoms with van der Waals surface area (Å²) in [5.41, 5.74) is -1.92. The van der Waals surface area contributed by atoms with Gasteiger partial charge in [0, 0.05) is 36.4 Å². The summed E-state index contributed by atoms with van der Waals surface area (Å²) in [6.07, 6.45) is 4.61. The lowest BCUT2D eigenvalue weighted by Gasteiger charge is -2.49. The first-order valence-electron chi connectivity index (χ1n) is 11.9. The predicted molar refractivity (Wildman–Crippen MR) is 138 cm³/mol. The Morgan fingerprint density at radius 2 is 1.54 bits per heavy atom. The van der Waals surface area contributed by atoms with Crippen LogP contribution in [0.5, 0.6) is 0 Å². The summed E-state index contributed by atoms with van der Waals surface area (Å²) in [6, 6.07) is 12.1. The zero-order chi connectivity index (χ0) is 26.1. The number of rotatable bonds is 8. The van der Waals surface area contributed by atoms with Crippen LogP contribution in [-0.2, 0) is 9.59 Å². The van der Waals surface area contributed by atoms with Gasteiger partial charge in [-0.1, -0.05) is 23.7 Å². The molecular weight excluding hydrogens is 460 g/mol. The van der Waals surface area contributed by atoms with Crippen molar-refractivity contribution >= 4 is 34.4 Å². The molecular formula is C28H31ClN4O2. The third-order valence-electron chi connectivity index (χ3n) is 6.93. The number of anilines is 1. The molecule has 0 spiro atoms. The molecule has 1 aromatic carbocycles. The molecule has 0 fully saturated rings. The van der Waals surface area contributed by atoms with E-state index in [1.165, 1.54) is 12.2 Å². The highest BCUT2D eigenvalue weighted by Gasteiger charge is 2.72. The van der Waals surface area contributed by atoms with Gasteiger partial charge < -0.3 is 9.80 Å². The van der Waals surface area contributed by atoms with E-state index in [1.54, 1.807) is 6.20 Å². The highest BCUT2D eigenvalue weighted by molar-refractivity contribution is 6.49. The second-order valence-electron chi connectivity index (χ2n) is 9.40. The van der Waals surface area contributed by atoms with Crippen molar-refractivity contribution in [2.75, 3.05) is 18.0 Å². The zero-order valence-electron chi connectivity index (χ0n) is 21.1. The summed E-state index contributed by atoms with van der Waals surface area (Å²) in [4.78, 5) is 31.3. The lowest BCUT2D eigenvalue weighted by Crippen LogP contribution is -2.60. The summed E-state index contributed by atoms with van der Waals surface area (Å²) in [7, 11) is 0. The fourth-order valence-electron chi connectivity index (χ4n) is 5.14. The molecule has 0 aromatic heterocycles. The van der Waals surface area contributed by atoms with Gasteiger partial charge >= 0.3 is 0 Å². The van der Waals surface area contributed by atoms with Gasteiger partial charge in [-0.2, -0.15) is 10.5 Å². The highest BCUT2D eigenvalue weighted by Crippen LogP contribution is 2.64. The number of nitrogens with zero attached hydrogens (tertiary/aromatic N) is 4. The van der Waals surface area contributed by atoms with Crippen molar-refractivity contribution in [2.45, 2.75) is 53.6 Å². The van der Waals surface area contributed by atoms with Gasteiger partial charge in [0.05, 0.1) is 17.2 Å². The van der Waals surface area contributed by atoms with Gasteiger partial charge in [-0.15, -0.1) is 0 Å². The Labute approximate surface area is 212 Å². The molecule has 35 heavy (non-hydrogen) atoms. The third kappa shape index (κ3) is 3.77. The Morgan fingerprint density at radius 1 is 0.971 bits per heavy atom. The second kappa shape index (κ2) is 9.72. The van der Waals surface area contributed by atoms with E-state index in [1.807, 2.05) is 49.1 Å². The van der Waals surface area contributed by atoms with E-state index in [2.05, 4.69) is 38.7 Å². The maximum absolute atomic E-state index is 13.8. The Bertz CT molecular complexity index is 1200. The summed E-state index contributed by atoms with van der Waals surface area (Å²) in [6.45, 7) is 13.8. The van der Waals surface area contributed by atoms with E-state index < -0.39 is 22.4 Å². The smallest absolute Gasteiger partial charge is 0.201 e. The van der Waals surface area contributed by atoms with Gasteiger partial charge in [0.25, 0.3) is 0 Å². The third-order valence-corrected chi connectivity index (χ3v) is 7.31. The van der Waals surface area contributed by atoms with Crippen molar-refractivity contribution in [3.05, 3.63) is 58.8 Å². The van der Waals surface area contributed by atoms with Crippen molar-refractivity contribution in [3.63, 3.8) is 0 Å². The number of hydrogen-bond donors (Lipinski definition) is 0. The van der Waals surface area contributed by atoms with Crippen LogP contribution in [0.1, 0.15) is 47.1 Å². The van der Waals surface area contributed by atoms with E-state index in [-0.39, 0.29) is 22.7 Å².